The van der Waals surface area contributed by atoms with E-state index in [4.69, 9.17) is 5.73 Å². The van der Waals surface area contributed by atoms with E-state index in [2.05, 4.69) is 63.4 Å². The number of anilines is 4. The van der Waals surface area contributed by atoms with Gasteiger partial charge in [0.25, 0.3) is 0 Å². The molecule has 178 valence electrons. The number of nitrogens with zero attached hydrogens (tertiary/aromatic N) is 4. The molecule has 4 N–H and O–H groups in total. The summed E-state index contributed by atoms with van der Waals surface area (Å²) in [6.07, 6.45) is 5.08. The molecule has 9 heteroatoms. The number of piperazine rings is 1. The standard InChI is InChI=1S/C24H34FN7O/c1-4-5-6-16(10-22(26)33)28-23-20(25)12-27-24(30-23)29-17-7-8-21(15(2)9-17)32-14-18-11-19(32)13-31(18)3/h7-9,12,16,18-19H,4-6,10-11,13-14H2,1-3H3,(H2,26,33)(H2,27,28,29,30). The van der Waals surface area contributed by atoms with Crippen LogP contribution in [0.25, 0.3) is 0 Å². The molecule has 8 nitrogen and oxygen atoms in total. The van der Waals surface area contributed by atoms with Gasteiger partial charge in [-0.2, -0.15) is 4.98 Å². The van der Waals surface area contributed by atoms with E-state index >= 15 is 0 Å². The molecule has 0 saturated carbocycles. The zero-order valence-corrected chi connectivity index (χ0v) is 19.6. The predicted octanol–water partition coefficient (Wildman–Crippen LogP) is 3.41. The van der Waals surface area contributed by atoms with Crippen LogP contribution in [0.5, 0.6) is 0 Å². The van der Waals surface area contributed by atoms with Crippen LogP contribution in [0.3, 0.4) is 0 Å². The van der Waals surface area contributed by atoms with Crippen molar-refractivity contribution in [3.8, 4) is 0 Å². The molecule has 3 heterocycles. The van der Waals surface area contributed by atoms with Crippen molar-refractivity contribution in [2.24, 2.45) is 5.73 Å². The molecule has 2 bridgehead atoms. The van der Waals surface area contributed by atoms with Crippen LogP contribution >= 0.6 is 0 Å². The van der Waals surface area contributed by atoms with Gasteiger partial charge in [-0.3, -0.25) is 9.69 Å². The number of likely N-dealkylation sites (N-methyl/N-ethyl adjacent to an activating group) is 1. The van der Waals surface area contributed by atoms with Gasteiger partial charge >= 0.3 is 0 Å². The third-order valence-corrected chi connectivity index (χ3v) is 6.72. The van der Waals surface area contributed by atoms with Crippen LogP contribution in [0.15, 0.2) is 24.4 Å². The molecule has 2 aliphatic rings. The summed E-state index contributed by atoms with van der Waals surface area (Å²) < 4.78 is 14.4. The van der Waals surface area contributed by atoms with Gasteiger partial charge in [0.15, 0.2) is 11.6 Å². The fourth-order valence-corrected chi connectivity index (χ4v) is 4.99. The second kappa shape index (κ2) is 9.91. The van der Waals surface area contributed by atoms with E-state index in [1.165, 1.54) is 17.7 Å². The van der Waals surface area contributed by atoms with E-state index in [1.54, 1.807) is 0 Å². The number of fused-ring (bicyclic) bond motifs is 2. The topological polar surface area (TPSA) is 99.4 Å². The number of hydrogen-bond donors (Lipinski definition) is 3. The summed E-state index contributed by atoms with van der Waals surface area (Å²) in [5.74, 6) is -0.626. The van der Waals surface area contributed by atoms with Gasteiger partial charge in [-0.05, 0) is 50.6 Å². The molecular formula is C24H34FN7O. The summed E-state index contributed by atoms with van der Waals surface area (Å²) >= 11 is 0. The number of aryl methyl sites for hydroxylation is 1. The Kier molecular flexibility index (Phi) is 6.97. The van der Waals surface area contributed by atoms with E-state index in [1.807, 2.05) is 6.07 Å². The van der Waals surface area contributed by atoms with E-state index in [9.17, 15) is 9.18 Å². The fraction of sp³-hybridized carbons (Fsp3) is 0.542. The molecule has 1 aromatic heterocycles. The molecule has 2 fully saturated rings. The predicted molar refractivity (Wildman–Crippen MR) is 129 cm³/mol. The number of nitrogens with two attached hydrogens (primary N) is 1. The van der Waals surface area contributed by atoms with E-state index in [-0.39, 0.29) is 18.3 Å². The highest BCUT2D eigenvalue weighted by atomic mass is 19.1. The first-order chi connectivity index (χ1) is 15.8. The highest BCUT2D eigenvalue weighted by molar-refractivity contribution is 5.75. The Balaban J connectivity index is 1.46. The fourth-order valence-electron chi connectivity index (χ4n) is 4.99. The summed E-state index contributed by atoms with van der Waals surface area (Å²) in [6, 6.07) is 7.16. The Bertz CT molecular complexity index is 999. The minimum Gasteiger partial charge on any atom is -0.370 e. The van der Waals surface area contributed by atoms with Gasteiger partial charge in [0.05, 0.1) is 6.20 Å². The van der Waals surface area contributed by atoms with Crippen molar-refractivity contribution >= 4 is 29.0 Å². The van der Waals surface area contributed by atoms with Gasteiger partial charge < -0.3 is 21.3 Å². The third kappa shape index (κ3) is 5.35. The SMILES string of the molecule is CCCCC(CC(N)=O)Nc1nc(Nc2ccc(N3CC4CC3CN4C)c(C)c2)ncc1F. The molecule has 0 spiro atoms. The molecule has 0 aliphatic carbocycles. The highest BCUT2D eigenvalue weighted by Crippen LogP contribution is 2.36. The number of primary amides is 1. The lowest BCUT2D eigenvalue weighted by Gasteiger charge is -2.34. The first-order valence-corrected chi connectivity index (χ1v) is 11.8. The van der Waals surface area contributed by atoms with E-state index < -0.39 is 11.7 Å². The molecule has 2 aromatic rings. The van der Waals surface area contributed by atoms with Crippen LogP contribution in [-0.4, -0.2) is 59.0 Å². The highest BCUT2D eigenvalue weighted by Gasteiger charge is 2.41. The number of nitrogens with one attached hydrogen (secondary N) is 2. The number of likely N-dealkylation sites (tertiary alicyclic amines) is 1. The number of rotatable bonds is 10. The summed E-state index contributed by atoms with van der Waals surface area (Å²) in [5, 5.41) is 6.22. The second-order valence-electron chi connectivity index (χ2n) is 9.31. The van der Waals surface area contributed by atoms with Crippen molar-refractivity contribution in [2.75, 3.05) is 35.7 Å². The number of aromatic nitrogens is 2. The zero-order chi connectivity index (χ0) is 23.5. The minimum absolute atomic E-state index is 0.0698. The molecule has 3 unspecified atom stereocenters. The number of unbranched alkanes of at least 4 members (excludes halogenated alkanes) is 1. The summed E-state index contributed by atoms with van der Waals surface area (Å²) in [6.45, 7) is 6.35. The maximum absolute atomic E-state index is 14.4. The minimum atomic E-state index is -0.563. The van der Waals surface area contributed by atoms with Crippen LogP contribution in [0.4, 0.5) is 27.5 Å². The molecule has 2 aliphatic heterocycles. The van der Waals surface area contributed by atoms with E-state index in [0.717, 1.165) is 37.8 Å². The maximum Gasteiger partial charge on any atom is 0.229 e. The van der Waals surface area contributed by atoms with Gasteiger partial charge in [0.1, 0.15) is 0 Å². The number of carbonyl (C=O) groups excluding carboxylic acids is 1. The summed E-state index contributed by atoms with van der Waals surface area (Å²) in [4.78, 5) is 24.8. The van der Waals surface area contributed by atoms with Crippen molar-refractivity contribution in [2.45, 2.75) is 64.1 Å². The number of halogens is 1. The molecule has 1 aromatic carbocycles. The molecule has 1 amide bonds. The van der Waals surface area contributed by atoms with Crippen molar-refractivity contribution < 1.29 is 9.18 Å². The molecule has 33 heavy (non-hydrogen) atoms. The zero-order valence-electron chi connectivity index (χ0n) is 19.6. The third-order valence-electron chi connectivity index (χ3n) is 6.72. The first kappa shape index (κ1) is 23.2. The average Bonchev–Trinajstić information content (AvgIpc) is 3.33. The van der Waals surface area contributed by atoms with Gasteiger partial charge in [-0.1, -0.05) is 19.8 Å². The van der Waals surface area contributed by atoms with Crippen LogP contribution in [0.1, 0.15) is 44.6 Å². The van der Waals surface area contributed by atoms with Crippen LogP contribution in [-0.2, 0) is 4.79 Å². The largest absolute Gasteiger partial charge is 0.370 e. The summed E-state index contributed by atoms with van der Waals surface area (Å²) in [7, 11) is 2.20. The van der Waals surface area contributed by atoms with Crippen molar-refractivity contribution in [1.82, 2.24) is 14.9 Å². The van der Waals surface area contributed by atoms with Crippen molar-refractivity contribution in [1.29, 1.82) is 0 Å². The molecule has 3 atom stereocenters. The Morgan fingerprint density at radius 3 is 2.79 bits per heavy atom. The van der Waals surface area contributed by atoms with Gasteiger partial charge in [-0.15, -0.1) is 0 Å². The quantitative estimate of drug-likeness (QED) is 0.505. The van der Waals surface area contributed by atoms with Crippen LogP contribution in [0.2, 0.25) is 0 Å². The van der Waals surface area contributed by atoms with Gasteiger partial charge in [-0.25, -0.2) is 9.37 Å². The Morgan fingerprint density at radius 2 is 2.15 bits per heavy atom. The first-order valence-electron chi connectivity index (χ1n) is 11.8. The van der Waals surface area contributed by atoms with Gasteiger partial charge in [0, 0.05) is 49.0 Å². The average molecular weight is 456 g/mol. The monoisotopic (exact) mass is 455 g/mol. The molecule has 2 saturated heterocycles. The lowest BCUT2D eigenvalue weighted by atomic mass is 10.1. The van der Waals surface area contributed by atoms with Crippen LogP contribution in [0, 0.1) is 12.7 Å². The lowest BCUT2D eigenvalue weighted by Crippen LogP contribution is -2.44. The molecule has 4 rings (SSSR count). The molecule has 0 radical (unpaired) electrons. The second-order valence-corrected chi connectivity index (χ2v) is 9.31. The number of benzene rings is 1. The number of hydrogen-bond acceptors (Lipinski definition) is 7. The van der Waals surface area contributed by atoms with Gasteiger partial charge in [0.2, 0.25) is 11.9 Å². The number of carbonyl (C=O) groups is 1. The van der Waals surface area contributed by atoms with Crippen molar-refractivity contribution in [3.63, 3.8) is 0 Å². The number of amides is 1. The smallest absolute Gasteiger partial charge is 0.229 e. The normalized spacial score (nSPS) is 20.8. The van der Waals surface area contributed by atoms with Crippen LogP contribution < -0.4 is 21.3 Å². The Morgan fingerprint density at radius 1 is 1.33 bits per heavy atom. The summed E-state index contributed by atoms with van der Waals surface area (Å²) in [5.41, 5.74) is 8.64. The van der Waals surface area contributed by atoms with E-state index in [0.29, 0.717) is 24.5 Å². The Hall–Kier alpha value is -2.94. The Labute approximate surface area is 194 Å². The maximum atomic E-state index is 14.4. The lowest BCUT2D eigenvalue weighted by molar-refractivity contribution is -0.118. The van der Waals surface area contributed by atoms with Crippen molar-refractivity contribution in [3.05, 3.63) is 35.8 Å². The molecular weight excluding hydrogens is 421 g/mol.